The van der Waals surface area contributed by atoms with Crippen LogP contribution in [0, 0.1) is 5.92 Å². The van der Waals surface area contributed by atoms with Gasteiger partial charge in [0.2, 0.25) is 0 Å². The first-order chi connectivity index (χ1) is 9.66. The Morgan fingerprint density at radius 1 is 1.40 bits per heavy atom. The number of carbonyl (C=O) groups excluding carboxylic acids is 1. The van der Waals surface area contributed by atoms with Gasteiger partial charge in [-0.1, -0.05) is 26.7 Å². The van der Waals surface area contributed by atoms with E-state index >= 15 is 0 Å². The minimum Gasteiger partial charge on any atom is -0.373 e. The molecule has 1 atom stereocenters. The van der Waals surface area contributed by atoms with Crippen LogP contribution in [0.1, 0.15) is 55.6 Å². The SMILES string of the molecule is CCc1cc(C(=O)NC(CC)CC2CC2)cc(NC)n1. The third kappa shape index (κ3) is 3.95. The second-order valence-electron chi connectivity index (χ2n) is 5.59. The van der Waals surface area contributed by atoms with E-state index in [2.05, 4.69) is 22.5 Å². The summed E-state index contributed by atoms with van der Waals surface area (Å²) in [4.78, 5) is 16.8. The number of hydrogen-bond acceptors (Lipinski definition) is 3. The van der Waals surface area contributed by atoms with E-state index in [1.165, 1.54) is 12.8 Å². The first-order valence-corrected chi connectivity index (χ1v) is 7.65. The summed E-state index contributed by atoms with van der Waals surface area (Å²) >= 11 is 0. The zero-order valence-electron chi connectivity index (χ0n) is 12.7. The highest BCUT2D eigenvalue weighted by Crippen LogP contribution is 2.34. The van der Waals surface area contributed by atoms with Crippen LogP contribution >= 0.6 is 0 Å². The predicted molar refractivity (Wildman–Crippen MR) is 82.0 cm³/mol. The molecule has 1 aliphatic carbocycles. The van der Waals surface area contributed by atoms with Gasteiger partial charge < -0.3 is 10.6 Å². The van der Waals surface area contributed by atoms with Crippen LogP contribution in [0.3, 0.4) is 0 Å². The smallest absolute Gasteiger partial charge is 0.251 e. The van der Waals surface area contributed by atoms with E-state index in [-0.39, 0.29) is 5.91 Å². The number of aromatic nitrogens is 1. The number of hydrogen-bond donors (Lipinski definition) is 2. The molecule has 1 unspecified atom stereocenters. The molecule has 1 heterocycles. The van der Waals surface area contributed by atoms with E-state index in [4.69, 9.17) is 0 Å². The lowest BCUT2D eigenvalue weighted by Gasteiger charge is -2.17. The van der Waals surface area contributed by atoms with Crippen molar-refractivity contribution >= 4 is 11.7 Å². The molecular weight excluding hydrogens is 250 g/mol. The number of aryl methyl sites for hydroxylation is 1. The van der Waals surface area contributed by atoms with E-state index in [1.807, 2.05) is 26.1 Å². The lowest BCUT2D eigenvalue weighted by atomic mass is 10.1. The highest BCUT2D eigenvalue weighted by Gasteiger charge is 2.25. The number of amides is 1. The molecule has 110 valence electrons. The fourth-order valence-electron chi connectivity index (χ4n) is 2.38. The number of rotatable bonds is 7. The lowest BCUT2D eigenvalue weighted by molar-refractivity contribution is 0.0932. The van der Waals surface area contributed by atoms with Crippen LogP contribution in [0.5, 0.6) is 0 Å². The maximum Gasteiger partial charge on any atom is 0.251 e. The molecule has 2 rings (SSSR count). The van der Waals surface area contributed by atoms with Gasteiger partial charge >= 0.3 is 0 Å². The van der Waals surface area contributed by atoms with Gasteiger partial charge in [0.15, 0.2) is 0 Å². The fraction of sp³-hybridized carbons (Fsp3) is 0.625. The van der Waals surface area contributed by atoms with Crippen molar-refractivity contribution in [3.05, 3.63) is 23.4 Å². The molecule has 0 spiro atoms. The van der Waals surface area contributed by atoms with Crippen LogP contribution in [0.15, 0.2) is 12.1 Å². The highest BCUT2D eigenvalue weighted by molar-refractivity contribution is 5.95. The number of nitrogens with zero attached hydrogens (tertiary/aromatic N) is 1. The van der Waals surface area contributed by atoms with E-state index in [1.54, 1.807) is 0 Å². The summed E-state index contributed by atoms with van der Waals surface area (Å²) in [5, 5.41) is 6.18. The average molecular weight is 275 g/mol. The quantitative estimate of drug-likeness (QED) is 0.804. The Kier molecular flexibility index (Phi) is 4.99. The first-order valence-electron chi connectivity index (χ1n) is 7.65. The molecule has 0 aromatic carbocycles. The first kappa shape index (κ1) is 14.8. The van der Waals surface area contributed by atoms with Gasteiger partial charge in [0.1, 0.15) is 5.82 Å². The number of carbonyl (C=O) groups is 1. The van der Waals surface area contributed by atoms with Gasteiger partial charge in [-0.2, -0.15) is 0 Å². The molecule has 0 bridgehead atoms. The molecule has 4 nitrogen and oxygen atoms in total. The Balaban J connectivity index is 2.06. The van der Waals surface area contributed by atoms with Gasteiger partial charge in [0.25, 0.3) is 5.91 Å². The molecular formula is C16H25N3O. The van der Waals surface area contributed by atoms with Crippen molar-refractivity contribution in [2.24, 2.45) is 5.92 Å². The Morgan fingerprint density at radius 3 is 2.70 bits per heavy atom. The molecule has 1 amide bonds. The van der Waals surface area contributed by atoms with E-state index in [0.717, 1.165) is 36.7 Å². The number of pyridine rings is 1. The van der Waals surface area contributed by atoms with Crippen LogP contribution in [0.2, 0.25) is 0 Å². The van der Waals surface area contributed by atoms with Crippen molar-refractivity contribution in [2.45, 2.75) is 52.0 Å². The van der Waals surface area contributed by atoms with Crippen LogP contribution in [0.4, 0.5) is 5.82 Å². The van der Waals surface area contributed by atoms with Crippen molar-refractivity contribution in [1.29, 1.82) is 0 Å². The van der Waals surface area contributed by atoms with Gasteiger partial charge in [-0.15, -0.1) is 0 Å². The van der Waals surface area contributed by atoms with Crippen LogP contribution in [-0.2, 0) is 6.42 Å². The van der Waals surface area contributed by atoms with Gasteiger partial charge in [0.05, 0.1) is 0 Å². The topological polar surface area (TPSA) is 54.0 Å². The van der Waals surface area contributed by atoms with Crippen molar-refractivity contribution in [3.8, 4) is 0 Å². The van der Waals surface area contributed by atoms with Gasteiger partial charge in [-0.3, -0.25) is 4.79 Å². The Morgan fingerprint density at radius 2 is 2.15 bits per heavy atom. The zero-order chi connectivity index (χ0) is 14.5. The molecule has 0 aliphatic heterocycles. The second-order valence-corrected chi connectivity index (χ2v) is 5.59. The Bertz CT molecular complexity index is 447. The molecule has 1 saturated carbocycles. The van der Waals surface area contributed by atoms with Crippen molar-refractivity contribution < 1.29 is 4.79 Å². The number of anilines is 1. The van der Waals surface area contributed by atoms with E-state index in [0.29, 0.717) is 11.6 Å². The maximum atomic E-state index is 12.4. The highest BCUT2D eigenvalue weighted by atomic mass is 16.1. The normalized spacial score (nSPS) is 15.8. The minimum atomic E-state index is 0.0195. The summed E-state index contributed by atoms with van der Waals surface area (Å²) < 4.78 is 0. The van der Waals surface area contributed by atoms with Gasteiger partial charge in [-0.05, 0) is 37.3 Å². The van der Waals surface area contributed by atoms with Crippen LogP contribution in [0.25, 0.3) is 0 Å². The largest absolute Gasteiger partial charge is 0.373 e. The summed E-state index contributed by atoms with van der Waals surface area (Å²) in [6, 6.07) is 4.00. The van der Waals surface area contributed by atoms with Crippen molar-refractivity contribution in [2.75, 3.05) is 12.4 Å². The lowest BCUT2D eigenvalue weighted by Crippen LogP contribution is -2.34. The maximum absolute atomic E-state index is 12.4. The van der Waals surface area contributed by atoms with Crippen LogP contribution < -0.4 is 10.6 Å². The van der Waals surface area contributed by atoms with E-state index < -0.39 is 0 Å². The third-order valence-electron chi connectivity index (χ3n) is 3.90. The molecule has 4 heteroatoms. The summed E-state index contributed by atoms with van der Waals surface area (Å²) in [5.74, 6) is 1.60. The third-order valence-corrected chi connectivity index (χ3v) is 3.90. The van der Waals surface area contributed by atoms with E-state index in [9.17, 15) is 4.79 Å². The monoisotopic (exact) mass is 275 g/mol. The molecule has 1 fully saturated rings. The predicted octanol–water partition coefficient (Wildman–Crippen LogP) is 2.99. The Hall–Kier alpha value is -1.58. The number of nitrogens with one attached hydrogen (secondary N) is 2. The van der Waals surface area contributed by atoms with Gasteiger partial charge in [-0.25, -0.2) is 4.98 Å². The summed E-state index contributed by atoms with van der Waals surface area (Å²) in [6.07, 6.45) is 5.59. The molecule has 1 aliphatic rings. The average Bonchev–Trinajstić information content (AvgIpc) is 3.29. The second kappa shape index (κ2) is 6.73. The summed E-state index contributed by atoms with van der Waals surface area (Å²) in [7, 11) is 1.82. The summed E-state index contributed by atoms with van der Waals surface area (Å²) in [5.41, 5.74) is 1.65. The molecule has 0 radical (unpaired) electrons. The van der Waals surface area contributed by atoms with Gasteiger partial charge in [0, 0.05) is 24.3 Å². The molecule has 1 aromatic rings. The zero-order valence-corrected chi connectivity index (χ0v) is 12.7. The molecule has 2 N–H and O–H groups in total. The Labute approximate surface area is 121 Å². The fourth-order valence-corrected chi connectivity index (χ4v) is 2.38. The van der Waals surface area contributed by atoms with Crippen molar-refractivity contribution in [3.63, 3.8) is 0 Å². The summed E-state index contributed by atoms with van der Waals surface area (Å²) in [6.45, 7) is 4.18. The molecule has 20 heavy (non-hydrogen) atoms. The van der Waals surface area contributed by atoms with Crippen molar-refractivity contribution in [1.82, 2.24) is 10.3 Å². The molecule has 0 saturated heterocycles. The molecule has 1 aromatic heterocycles. The van der Waals surface area contributed by atoms with Crippen LogP contribution in [-0.4, -0.2) is 24.0 Å². The standard InChI is InChI=1S/C16H25N3O/c1-4-13(8-11-6-7-11)19-16(20)12-9-14(5-2)18-15(10-12)17-3/h9-11,13H,4-8H2,1-3H3,(H,17,18)(H,19,20). The minimum absolute atomic E-state index is 0.0195.